The molecule has 2 N–H and O–H groups in total. The highest BCUT2D eigenvalue weighted by atomic mass is 16.5. The largest absolute Gasteiger partial charge is 0.464 e. The van der Waals surface area contributed by atoms with E-state index in [1.807, 2.05) is 25.1 Å². The van der Waals surface area contributed by atoms with Crippen molar-refractivity contribution >= 4 is 23.0 Å². The van der Waals surface area contributed by atoms with Crippen molar-refractivity contribution in [2.24, 2.45) is 0 Å². The maximum Gasteiger partial charge on any atom is 0.416 e. The first kappa shape index (κ1) is 16.3. The fourth-order valence-corrected chi connectivity index (χ4v) is 3.02. The smallest absolute Gasteiger partial charge is 0.416 e. The molecule has 1 fully saturated rings. The van der Waals surface area contributed by atoms with Crippen molar-refractivity contribution in [2.45, 2.75) is 19.4 Å². The van der Waals surface area contributed by atoms with Crippen molar-refractivity contribution in [3.8, 4) is 0 Å². The number of nitrogens with zero attached hydrogens (tertiary/aromatic N) is 2. The van der Waals surface area contributed by atoms with Crippen LogP contribution in [0.3, 0.4) is 0 Å². The van der Waals surface area contributed by atoms with E-state index in [2.05, 4.69) is 5.32 Å². The van der Waals surface area contributed by atoms with E-state index in [-0.39, 0.29) is 12.1 Å². The second-order valence-electron chi connectivity index (χ2n) is 5.98. The van der Waals surface area contributed by atoms with Gasteiger partial charge in [-0.05, 0) is 25.0 Å². The molecule has 7 nitrogen and oxygen atoms in total. The highest BCUT2D eigenvalue weighted by molar-refractivity contribution is 5.91. The van der Waals surface area contributed by atoms with Gasteiger partial charge >= 0.3 is 12.1 Å². The molecule has 1 aromatic heterocycles. The van der Waals surface area contributed by atoms with Gasteiger partial charge in [0, 0.05) is 30.7 Å². The molecule has 2 aromatic rings. The molecule has 2 amide bonds. The van der Waals surface area contributed by atoms with Crippen LogP contribution in [0.2, 0.25) is 0 Å². The fourth-order valence-electron chi connectivity index (χ4n) is 3.02. The summed E-state index contributed by atoms with van der Waals surface area (Å²) in [6.07, 6.45) is 1.18. The van der Waals surface area contributed by atoms with Crippen LogP contribution >= 0.6 is 0 Å². The van der Waals surface area contributed by atoms with Crippen LogP contribution < -0.4 is 5.32 Å². The number of benzene rings is 1. The maximum absolute atomic E-state index is 12.2. The van der Waals surface area contributed by atoms with Gasteiger partial charge in [-0.2, -0.15) is 0 Å². The molecule has 1 aromatic carbocycles. The number of ether oxygens (including phenoxy) is 1. The van der Waals surface area contributed by atoms with Crippen LogP contribution in [0.1, 0.15) is 12.5 Å². The number of hydrogen-bond acceptors (Lipinski definition) is 3. The number of fused-ring (bicyclic) bond motifs is 1. The molecule has 1 saturated heterocycles. The number of aromatic nitrogens is 1. The normalized spacial score (nSPS) is 16.1. The second-order valence-corrected chi connectivity index (χ2v) is 5.98. The monoisotopic (exact) mass is 331 g/mol. The number of nitrogens with one attached hydrogen (secondary N) is 1. The number of urea groups is 1. The van der Waals surface area contributed by atoms with E-state index in [4.69, 9.17) is 4.74 Å². The van der Waals surface area contributed by atoms with E-state index < -0.39 is 6.09 Å². The Hall–Kier alpha value is -2.54. The van der Waals surface area contributed by atoms with Crippen LogP contribution in [0.4, 0.5) is 9.59 Å². The Morgan fingerprint density at radius 3 is 2.71 bits per heavy atom. The average molecular weight is 331 g/mol. The van der Waals surface area contributed by atoms with E-state index in [9.17, 15) is 14.7 Å². The number of carboxylic acid groups (broad SMARTS) is 1. The Morgan fingerprint density at radius 2 is 2.00 bits per heavy atom. The van der Waals surface area contributed by atoms with Gasteiger partial charge in [-0.15, -0.1) is 0 Å². The van der Waals surface area contributed by atoms with E-state index in [0.717, 1.165) is 10.9 Å². The Labute approximate surface area is 139 Å². The number of rotatable bonds is 3. The summed E-state index contributed by atoms with van der Waals surface area (Å²) in [6.45, 7) is 4.24. The predicted molar refractivity (Wildman–Crippen MR) is 89.5 cm³/mol. The first-order valence-corrected chi connectivity index (χ1v) is 8.01. The molecule has 0 spiro atoms. The van der Waals surface area contributed by atoms with Gasteiger partial charge in [-0.3, -0.25) is 4.57 Å². The van der Waals surface area contributed by atoms with Crippen LogP contribution in [0.25, 0.3) is 10.9 Å². The molecule has 0 saturated carbocycles. The Bertz CT molecular complexity index is 749. The summed E-state index contributed by atoms with van der Waals surface area (Å²) in [4.78, 5) is 25.3. The zero-order valence-electron chi connectivity index (χ0n) is 13.6. The minimum Gasteiger partial charge on any atom is -0.464 e. The number of morpholine rings is 1. The number of amides is 2. The van der Waals surface area contributed by atoms with E-state index >= 15 is 0 Å². The molecule has 3 rings (SSSR count). The quantitative estimate of drug-likeness (QED) is 0.902. The van der Waals surface area contributed by atoms with Crippen molar-refractivity contribution in [1.29, 1.82) is 0 Å². The molecule has 24 heavy (non-hydrogen) atoms. The highest BCUT2D eigenvalue weighted by Crippen LogP contribution is 2.22. The van der Waals surface area contributed by atoms with Crippen molar-refractivity contribution in [3.63, 3.8) is 0 Å². The molecule has 0 aliphatic carbocycles. The molecule has 0 radical (unpaired) electrons. The lowest BCUT2D eigenvalue weighted by Gasteiger charge is -2.28. The summed E-state index contributed by atoms with van der Waals surface area (Å²) in [7, 11) is 0. The third-order valence-corrected chi connectivity index (χ3v) is 4.19. The molecular weight excluding hydrogens is 310 g/mol. The molecule has 128 valence electrons. The summed E-state index contributed by atoms with van der Waals surface area (Å²) in [5.74, 6) is 0. The second kappa shape index (κ2) is 6.92. The predicted octanol–water partition coefficient (Wildman–Crippen LogP) is 2.14. The summed E-state index contributed by atoms with van der Waals surface area (Å²) in [5.41, 5.74) is 1.56. The van der Waals surface area contributed by atoms with Gasteiger partial charge in [0.1, 0.15) is 0 Å². The first-order valence-electron chi connectivity index (χ1n) is 8.01. The van der Waals surface area contributed by atoms with Crippen molar-refractivity contribution in [1.82, 2.24) is 14.8 Å². The van der Waals surface area contributed by atoms with E-state index in [0.29, 0.717) is 38.2 Å². The summed E-state index contributed by atoms with van der Waals surface area (Å²) < 4.78 is 6.47. The minimum absolute atomic E-state index is 0.103. The van der Waals surface area contributed by atoms with Gasteiger partial charge in [0.2, 0.25) is 0 Å². The molecule has 2 heterocycles. The zero-order valence-corrected chi connectivity index (χ0v) is 13.6. The van der Waals surface area contributed by atoms with E-state index in [1.54, 1.807) is 17.2 Å². The van der Waals surface area contributed by atoms with E-state index in [1.165, 1.54) is 4.57 Å². The third kappa shape index (κ3) is 3.35. The number of carbonyl (C=O) groups is 2. The highest BCUT2D eigenvalue weighted by Gasteiger charge is 2.20. The first-order chi connectivity index (χ1) is 11.6. The molecule has 0 bridgehead atoms. The topological polar surface area (TPSA) is 83.8 Å². The Morgan fingerprint density at radius 1 is 1.29 bits per heavy atom. The molecular formula is C17H21N3O4. The van der Waals surface area contributed by atoms with Crippen LogP contribution in [-0.4, -0.2) is 59.0 Å². The zero-order chi connectivity index (χ0) is 17.1. The molecule has 1 aliphatic heterocycles. The van der Waals surface area contributed by atoms with Gasteiger partial charge in [0.25, 0.3) is 0 Å². The standard InChI is InChI=1S/C17H21N3O4/c1-12(18-16(21)19-6-8-24-9-7-19)10-13-11-20(17(22)23)15-5-3-2-4-14(13)15/h2-5,11-12H,6-10H2,1H3,(H,18,21)(H,22,23)/t12-/m1/s1. The fraction of sp³-hybridized carbons (Fsp3) is 0.412. The van der Waals surface area contributed by atoms with Gasteiger partial charge in [0.05, 0.1) is 18.7 Å². The molecule has 1 atom stereocenters. The summed E-state index contributed by atoms with van der Waals surface area (Å²) in [6, 6.07) is 7.18. The minimum atomic E-state index is -1.01. The van der Waals surface area contributed by atoms with Crippen LogP contribution in [-0.2, 0) is 11.2 Å². The molecule has 0 unspecified atom stereocenters. The van der Waals surface area contributed by atoms with Crippen LogP contribution in [0.15, 0.2) is 30.5 Å². The van der Waals surface area contributed by atoms with Crippen molar-refractivity contribution in [2.75, 3.05) is 26.3 Å². The lowest BCUT2D eigenvalue weighted by Crippen LogP contribution is -2.49. The SMILES string of the molecule is C[C@H](Cc1cn(C(=O)O)c2ccccc12)NC(=O)N1CCOCC1. The van der Waals surface area contributed by atoms with Crippen LogP contribution in [0, 0.1) is 0 Å². The van der Waals surface area contributed by atoms with Crippen molar-refractivity contribution < 1.29 is 19.4 Å². The van der Waals surface area contributed by atoms with Gasteiger partial charge < -0.3 is 20.1 Å². The summed E-state index contributed by atoms with van der Waals surface area (Å²) in [5, 5.41) is 13.2. The number of hydrogen-bond donors (Lipinski definition) is 2. The summed E-state index contributed by atoms with van der Waals surface area (Å²) >= 11 is 0. The van der Waals surface area contributed by atoms with Crippen LogP contribution in [0.5, 0.6) is 0 Å². The Balaban J connectivity index is 1.72. The average Bonchev–Trinajstić information content (AvgIpc) is 2.94. The third-order valence-electron chi connectivity index (χ3n) is 4.19. The van der Waals surface area contributed by atoms with Gasteiger partial charge in [-0.1, -0.05) is 18.2 Å². The lowest BCUT2D eigenvalue weighted by molar-refractivity contribution is 0.0526. The number of carbonyl (C=O) groups excluding carboxylic acids is 1. The van der Waals surface area contributed by atoms with Crippen molar-refractivity contribution in [3.05, 3.63) is 36.0 Å². The molecule has 1 aliphatic rings. The van der Waals surface area contributed by atoms with Gasteiger partial charge in [0.15, 0.2) is 0 Å². The maximum atomic E-state index is 12.2. The Kier molecular flexibility index (Phi) is 4.71. The number of para-hydroxylation sites is 1. The molecule has 7 heteroatoms. The lowest BCUT2D eigenvalue weighted by atomic mass is 10.1. The van der Waals surface area contributed by atoms with Gasteiger partial charge in [-0.25, -0.2) is 9.59 Å².